The number of hydrogen-bond acceptors (Lipinski definition) is 6. The molecule has 0 aromatic heterocycles. The van der Waals surface area contributed by atoms with Crippen LogP contribution in [0.25, 0.3) is 6.08 Å². The minimum Gasteiger partial charge on any atom is -0.496 e. The second-order valence-corrected chi connectivity index (χ2v) is 7.08. The summed E-state index contributed by atoms with van der Waals surface area (Å²) >= 11 is 5.51. The predicted octanol–water partition coefficient (Wildman–Crippen LogP) is 3.67. The van der Waals surface area contributed by atoms with Crippen molar-refractivity contribution in [2.75, 3.05) is 32.8 Å². The van der Waals surface area contributed by atoms with Crippen molar-refractivity contribution >= 4 is 40.9 Å². The number of hydrogen-bond donors (Lipinski definition) is 0. The average Bonchev–Trinajstić information content (AvgIpc) is 2.79. The molecular formula is C23H24N2O5S. The maximum Gasteiger partial charge on any atom is 0.270 e. The largest absolute Gasteiger partial charge is 0.496 e. The van der Waals surface area contributed by atoms with Gasteiger partial charge in [-0.25, -0.2) is 0 Å². The van der Waals surface area contributed by atoms with Crippen LogP contribution < -0.4 is 19.1 Å². The number of para-hydroxylation sites is 1. The first-order valence-electron chi connectivity index (χ1n) is 9.73. The lowest BCUT2D eigenvalue weighted by atomic mass is 10.0. The molecule has 0 saturated carbocycles. The quantitative estimate of drug-likeness (QED) is 0.372. The van der Waals surface area contributed by atoms with Crippen molar-refractivity contribution in [3.63, 3.8) is 0 Å². The number of nitrogens with zero attached hydrogens (tertiary/aromatic N) is 2. The number of carbonyl (C=O) groups excluding carboxylic acids is 2. The third-order valence-corrected chi connectivity index (χ3v) is 5.24. The SMILES string of the molecule is CCCN1C(=O)C(=Cc2c(OC)cc(OC)cc2OC)C(=O)N(c2ccccc2)C1=S. The second-order valence-electron chi connectivity index (χ2n) is 6.72. The van der Waals surface area contributed by atoms with E-state index in [2.05, 4.69) is 0 Å². The topological polar surface area (TPSA) is 68.3 Å². The van der Waals surface area contributed by atoms with Crippen LogP contribution in [0.5, 0.6) is 17.2 Å². The zero-order valence-electron chi connectivity index (χ0n) is 17.9. The van der Waals surface area contributed by atoms with Crippen LogP contribution in [0, 0.1) is 0 Å². The summed E-state index contributed by atoms with van der Waals surface area (Å²) in [6.45, 7) is 2.33. The lowest BCUT2D eigenvalue weighted by molar-refractivity contribution is -0.127. The Morgan fingerprint density at radius 3 is 2.06 bits per heavy atom. The number of benzene rings is 2. The molecule has 0 atom stereocenters. The molecule has 1 aliphatic rings. The Labute approximate surface area is 186 Å². The second kappa shape index (κ2) is 9.61. The highest BCUT2D eigenvalue weighted by molar-refractivity contribution is 7.80. The summed E-state index contributed by atoms with van der Waals surface area (Å²) in [5, 5.41) is 0.161. The molecule has 2 aromatic rings. The van der Waals surface area contributed by atoms with E-state index < -0.39 is 11.8 Å². The van der Waals surface area contributed by atoms with E-state index in [0.717, 1.165) is 0 Å². The molecule has 2 amide bonds. The molecule has 1 saturated heterocycles. The number of methoxy groups -OCH3 is 3. The molecular weight excluding hydrogens is 416 g/mol. The van der Waals surface area contributed by atoms with Crippen LogP contribution in [0.3, 0.4) is 0 Å². The highest BCUT2D eigenvalue weighted by atomic mass is 32.1. The minimum atomic E-state index is -0.506. The number of anilines is 1. The molecule has 0 spiro atoms. The van der Waals surface area contributed by atoms with Gasteiger partial charge in [0.2, 0.25) is 0 Å². The van der Waals surface area contributed by atoms with Gasteiger partial charge in [-0.1, -0.05) is 25.1 Å². The highest BCUT2D eigenvalue weighted by Gasteiger charge is 2.40. The Morgan fingerprint density at radius 1 is 0.935 bits per heavy atom. The third-order valence-electron chi connectivity index (χ3n) is 4.83. The van der Waals surface area contributed by atoms with E-state index in [1.54, 1.807) is 24.3 Å². The van der Waals surface area contributed by atoms with Gasteiger partial charge >= 0.3 is 0 Å². The fourth-order valence-corrected chi connectivity index (χ4v) is 3.68. The Balaban J connectivity index is 2.19. The van der Waals surface area contributed by atoms with Crippen molar-refractivity contribution in [3.8, 4) is 17.2 Å². The van der Waals surface area contributed by atoms with Crippen LogP contribution in [0.1, 0.15) is 18.9 Å². The van der Waals surface area contributed by atoms with E-state index in [1.165, 1.54) is 37.2 Å². The molecule has 162 valence electrons. The summed E-state index contributed by atoms with van der Waals surface area (Å²) in [6.07, 6.45) is 2.17. The van der Waals surface area contributed by atoms with Gasteiger partial charge < -0.3 is 14.2 Å². The first-order chi connectivity index (χ1) is 15.0. The molecule has 3 rings (SSSR count). The number of thiocarbonyl (C=S) groups is 1. The molecule has 0 N–H and O–H groups in total. The predicted molar refractivity (Wildman–Crippen MR) is 123 cm³/mol. The summed E-state index contributed by atoms with van der Waals surface area (Å²) in [6, 6.07) is 12.3. The van der Waals surface area contributed by atoms with Gasteiger partial charge in [-0.05, 0) is 36.8 Å². The standard InChI is InChI=1S/C23H24N2O5S/c1-5-11-24-21(26)18(22(27)25(23(24)31)15-9-7-6-8-10-15)14-17-19(29-3)12-16(28-2)13-20(17)30-4/h6-10,12-14H,5,11H2,1-4H3. The molecule has 0 bridgehead atoms. The van der Waals surface area contributed by atoms with Crippen molar-refractivity contribution < 1.29 is 23.8 Å². The summed E-state index contributed by atoms with van der Waals surface area (Å²) < 4.78 is 16.2. The Bertz CT molecular complexity index is 1010. The maximum atomic E-state index is 13.4. The Morgan fingerprint density at radius 2 is 1.55 bits per heavy atom. The summed E-state index contributed by atoms with van der Waals surface area (Å²) in [5.41, 5.74) is 1.01. The van der Waals surface area contributed by atoms with Gasteiger partial charge in [-0.2, -0.15) is 0 Å². The van der Waals surface area contributed by atoms with E-state index in [4.69, 9.17) is 26.4 Å². The smallest absolute Gasteiger partial charge is 0.270 e. The van der Waals surface area contributed by atoms with E-state index >= 15 is 0 Å². The number of amides is 2. The molecule has 1 aliphatic heterocycles. The van der Waals surface area contributed by atoms with E-state index in [9.17, 15) is 9.59 Å². The molecule has 7 nitrogen and oxygen atoms in total. The molecule has 31 heavy (non-hydrogen) atoms. The van der Waals surface area contributed by atoms with Gasteiger partial charge in [0.15, 0.2) is 5.11 Å². The third kappa shape index (κ3) is 4.25. The lowest BCUT2D eigenvalue weighted by Crippen LogP contribution is -2.56. The molecule has 0 radical (unpaired) electrons. The van der Waals surface area contributed by atoms with Crippen LogP contribution in [0.4, 0.5) is 5.69 Å². The van der Waals surface area contributed by atoms with Gasteiger partial charge in [0.05, 0.1) is 32.6 Å². The first-order valence-corrected chi connectivity index (χ1v) is 10.1. The van der Waals surface area contributed by atoms with Crippen LogP contribution in [0.2, 0.25) is 0 Å². The minimum absolute atomic E-state index is 0.0346. The zero-order valence-corrected chi connectivity index (χ0v) is 18.7. The van der Waals surface area contributed by atoms with Crippen molar-refractivity contribution in [1.29, 1.82) is 0 Å². The lowest BCUT2D eigenvalue weighted by Gasteiger charge is -2.36. The molecule has 1 heterocycles. The van der Waals surface area contributed by atoms with Crippen LogP contribution >= 0.6 is 12.2 Å². The molecule has 0 unspecified atom stereocenters. The fourth-order valence-electron chi connectivity index (χ4n) is 3.32. The van der Waals surface area contributed by atoms with Gasteiger partial charge in [-0.3, -0.25) is 19.4 Å². The van der Waals surface area contributed by atoms with Gasteiger partial charge in [0.25, 0.3) is 11.8 Å². The molecule has 0 aliphatic carbocycles. The van der Waals surface area contributed by atoms with Crippen molar-refractivity contribution in [3.05, 3.63) is 53.6 Å². The zero-order chi connectivity index (χ0) is 22.5. The number of ether oxygens (including phenoxy) is 3. The monoisotopic (exact) mass is 440 g/mol. The fraction of sp³-hybridized carbons (Fsp3) is 0.261. The Kier molecular flexibility index (Phi) is 6.91. The van der Waals surface area contributed by atoms with E-state index in [1.807, 2.05) is 25.1 Å². The summed E-state index contributed by atoms with van der Waals surface area (Å²) in [7, 11) is 4.52. The van der Waals surface area contributed by atoms with Crippen LogP contribution in [-0.2, 0) is 9.59 Å². The molecule has 8 heteroatoms. The Hall–Kier alpha value is -3.39. The number of rotatable bonds is 7. The van der Waals surface area contributed by atoms with Gasteiger partial charge in [0.1, 0.15) is 22.8 Å². The summed E-state index contributed by atoms with van der Waals surface area (Å²) in [4.78, 5) is 29.5. The van der Waals surface area contributed by atoms with Crippen LogP contribution in [0.15, 0.2) is 48.0 Å². The normalized spacial score (nSPS) is 15.5. The highest BCUT2D eigenvalue weighted by Crippen LogP contribution is 2.37. The van der Waals surface area contributed by atoms with Gasteiger partial charge in [-0.15, -0.1) is 0 Å². The first kappa shape index (κ1) is 22.3. The van der Waals surface area contributed by atoms with Crippen molar-refractivity contribution in [2.45, 2.75) is 13.3 Å². The molecule has 2 aromatic carbocycles. The number of carbonyl (C=O) groups is 2. The van der Waals surface area contributed by atoms with Gasteiger partial charge in [0, 0.05) is 18.7 Å². The average molecular weight is 441 g/mol. The van der Waals surface area contributed by atoms with E-state index in [0.29, 0.717) is 41.5 Å². The summed E-state index contributed by atoms with van der Waals surface area (Å²) in [5.74, 6) is 0.380. The van der Waals surface area contributed by atoms with Crippen molar-refractivity contribution in [1.82, 2.24) is 4.90 Å². The molecule has 1 fully saturated rings. The maximum absolute atomic E-state index is 13.4. The van der Waals surface area contributed by atoms with Crippen molar-refractivity contribution in [2.24, 2.45) is 0 Å². The van der Waals surface area contributed by atoms with E-state index in [-0.39, 0.29) is 10.7 Å². The van der Waals surface area contributed by atoms with Crippen LogP contribution in [-0.4, -0.2) is 49.7 Å².